The Bertz CT molecular complexity index is 1540. The van der Waals surface area contributed by atoms with E-state index in [0.717, 1.165) is 6.07 Å². The van der Waals surface area contributed by atoms with Crippen molar-refractivity contribution in [3.8, 4) is 5.75 Å². The molecule has 3 unspecified atom stereocenters. The highest BCUT2D eigenvalue weighted by molar-refractivity contribution is 6.13. The molecule has 11 heteroatoms. The lowest BCUT2D eigenvalue weighted by atomic mass is 9.68. The number of ether oxygens (including phenoxy) is 1. The molecular formula is C29H24F3N3O5. The molecule has 3 aliphatic heterocycles. The second-order valence-electron chi connectivity index (χ2n) is 10.3. The number of amides is 1. The van der Waals surface area contributed by atoms with Crippen molar-refractivity contribution in [2.75, 3.05) is 19.0 Å². The Kier molecular flexibility index (Phi) is 5.95. The Hall–Kier alpha value is -4.25. The minimum Gasteiger partial charge on any atom is -0.497 e. The van der Waals surface area contributed by atoms with E-state index in [4.69, 9.17) is 4.74 Å². The Morgan fingerprint density at radius 2 is 1.85 bits per heavy atom. The maximum Gasteiger partial charge on any atom is 0.418 e. The van der Waals surface area contributed by atoms with E-state index in [1.54, 1.807) is 36.4 Å². The van der Waals surface area contributed by atoms with Gasteiger partial charge >= 0.3 is 6.18 Å². The quantitative estimate of drug-likeness (QED) is 0.254. The fourth-order valence-corrected chi connectivity index (χ4v) is 6.97. The summed E-state index contributed by atoms with van der Waals surface area (Å²) in [4.78, 5) is 41.3. The number of para-hydroxylation sites is 1. The van der Waals surface area contributed by atoms with E-state index in [1.165, 1.54) is 31.4 Å². The number of anilines is 1. The Morgan fingerprint density at radius 3 is 2.52 bits per heavy atom. The molecule has 6 rings (SSSR count). The summed E-state index contributed by atoms with van der Waals surface area (Å²) in [6.07, 6.45) is -3.44. The molecule has 0 radical (unpaired) electrons. The molecule has 1 spiro atoms. The third-order valence-corrected chi connectivity index (χ3v) is 8.47. The lowest BCUT2D eigenvalue weighted by molar-refractivity contribution is -0.384. The van der Waals surface area contributed by atoms with Crippen LogP contribution < -0.4 is 10.1 Å². The fourth-order valence-electron chi connectivity index (χ4n) is 6.97. The second kappa shape index (κ2) is 9.16. The van der Waals surface area contributed by atoms with Gasteiger partial charge < -0.3 is 10.1 Å². The summed E-state index contributed by atoms with van der Waals surface area (Å²) < 4.78 is 47.5. The van der Waals surface area contributed by atoms with Crippen LogP contribution in [-0.2, 0) is 16.5 Å². The van der Waals surface area contributed by atoms with E-state index < -0.39 is 45.7 Å². The number of hydrogen-bond acceptors (Lipinski definition) is 6. The van der Waals surface area contributed by atoms with Crippen LogP contribution in [0.3, 0.4) is 0 Å². The lowest BCUT2D eigenvalue weighted by Gasteiger charge is -2.37. The van der Waals surface area contributed by atoms with Gasteiger partial charge in [-0.25, -0.2) is 0 Å². The van der Waals surface area contributed by atoms with E-state index in [0.29, 0.717) is 30.7 Å². The SMILES string of the molecule is COc1cccc(C(=O)C2C(c3ccc([N+](=O)[O-])cc3)C3CCCN3[C@@]23C(=O)Nc2c(C(F)(F)F)cccc23)c1. The Morgan fingerprint density at radius 1 is 1.12 bits per heavy atom. The van der Waals surface area contributed by atoms with Crippen LogP contribution in [0.25, 0.3) is 0 Å². The van der Waals surface area contributed by atoms with Gasteiger partial charge in [0.2, 0.25) is 5.91 Å². The molecule has 206 valence electrons. The lowest BCUT2D eigenvalue weighted by Crippen LogP contribution is -2.52. The maximum absolute atomic E-state index is 14.5. The molecule has 3 aromatic rings. The minimum absolute atomic E-state index is 0.116. The first kappa shape index (κ1) is 26.0. The molecule has 0 aromatic heterocycles. The van der Waals surface area contributed by atoms with Crippen LogP contribution in [0.5, 0.6) is 5.75 Å². The van der Waals surface area contributed by atoms with Crippen molar-refractivity contribution in [2.24, 2.45) is 5.92 Å². The number of alkyl halides is 3. The third kappa shape index (κ3) is 3.64. The molecule has 3 aromatic carbocycles. The summed E-state index contributed by atoms with van der Waals surface area (Å²) in [5.74, 6) is -2.42. The molecule has 40 heavy (non-hydrogen) atoms. The summed E-state index contributed by atoms with van der Waals surface area (Å²) in [5, 5.41) is 13.8. The van der Waals surface area contributed by atoms with Crippen molar-refractivity contribution in [2.45, 2.75) is 36.5 Å². The van der Waals surface area contributed by atoms with Crippen molar-refractivity contribution < 1.29 is 32.4 Å². The summed E-state index contributed by atoms with van der Waals surface area (Å²) in [6, 6.07) is 15.6. The van der Waals surface area contributed by atoms with E-state index in [1.807, 2.05) is 4.90 Å². The maximum atomic E-state index is 14.5. The van der Waals surface area contributed by atoms with Crippen LogP contribution in [0, 0.1) is 16.0 Å². The number of benzene rings is 3. The average Bonchev–Trinajstić information content (AvgIpc) is 3.60. The van der Waals surface area contributed by atoms with Crippen LogP contribution >= 0.6 is 0 Å². The highest BCUT2D eigenvalue weighted by Gasteiger charge is 2.69. The number of ketones is 1. The third-order valence-electron chi connectivity index (χ3n) is 8.47. The standard InChI is InChI=1S/C29H24F3N3O5/c1-40-19-6-2-5-17(15-19)26(36)24-23(16-10-12-18(13-11-16)35(38)39)22-9-4-14-34(22)28(24)20-7-3-8-21(29(30,31)32)25(20)33-27(28)37/h2-3,5-8,10-13,15,22-24H,4,9,14H2,1H3,(H,33,37)/t22?,23?,24?,28-/m1/s1. The molecule has 3 aliphatic rings. The number of carbonyl (C=O) groups excluding carboxylic acids is 2. The van der Waals surface area contributed by atoms with Gasteiger partial charge in [0.1, 0.15) is 11.3 Å². The normalized spacial score (nSPS) is 25.5. The summed E-state index contributed by atoms with van der Waals surface area (Å²) in [6.45, 7) is 0.402. The van der Waals surface area contributed by atoms with Gasteiger partial charge in [-0.1, -0.05) is 36.4 Å². The number of nitro groups is 1. The van der Waals surface area contributed by atoms with Crippen molar-refractivity contribution in [1.29, 1.82) is 0 Å². The van der Waals surface area contributed by atoms with Crippen LogP contribution in [-0.4, -0.2) is 41.2 Å². The zero-order valence-electron chi connectivity index (χ0n) is 21.3. The number of non-ortho nitro benzene ring substituents is 1. The monoisotopic (exact) mass is 551 g/mol. The smallest absolute Gasteiger partial charge is 0.418 e. The molecule has 8 nitrogen and oxygen atoms in total. The number of fused-ring (bicyclic) bond motifs is 4. The van der Waals surface area contributed by atoms with Crippen molar-refractivity contribution in [3.05, 3.63) is 99.1 Å². The highest BCUT2D eigenvalue weighted by atomic mass is 19.4. The van der Waals surface area contributed by atoms with E-state index in [9.17, 15) is 32.9 Å². The fraction of sp³-hybridized carbons (Fsp3) is 0.310. The first-order valence-electron chi connectivity index (χ1n) is 12.8. The van der Waals surface area contributed by atoms with Crippen LogP contribution in [0.1, 0.15) is 45.8 Å². The molecule has 1 amide bonds. The molecule has 0 bridgehead atoms. The van der Waals surface area contributed by atoms with Gasteiger partial charge in [-0.15, -0.1) is 0 Å². The van der Waals surface area contributed by atoms with Crippen molar-refractivity contribution >= 4 is 23.1 Å². The number of nitrogens with one attached hydrogen (secondary N) is 1. The van der Waals surface area contributed by atoms with Gasteiger partial charge in [-0.3, -0.25) is 24.6 Å². The van der Waals surface area contributed by atoms with E-state index >= 15 is 0 Å². The predicted octanol–water partition coefficient (Wildman–Crippen LogP) is 5.53. The number of rotatable bonds is 5. The van der Waals surface area contributed by atoms with Gasteiger partial charge in [0.15, 0.2) is 5.78 Å². The highest BCUT2D eigenvalue weighted by Crippen LogP contribution is 2.62. The summed E-state index contributed by atoms with van der Waals surface area (Å²) >= 11 is 0. The number of hydrogen-bond donors (Lipinski definition) is 1. The Labute approximate surface area is 226 Å². The predicted molar refractivity (Wildman–Crippen MR) is 138 cm³/mol. The number of Topliss-reactive ketones (excluding diaryl/α,β-unsaturated/α-hetero) is 1. The number of halogens is 3. The summed E-state index contributed by atoms with van der Waals surface area (Å²) in [5.41, 5.74) is -2.17. The largest absolute Gasteiger partial charge is 0.497 e. The van der Waals surface area contributed by atoms with Crippen LogP contribution in [0.2, 0.25) is 0 Å². The number of nitro benzene ring substituents is 1. The van der Waals surface area contributed by atoms with Crippen LogP contribution in [0.15, 0.2) is 66.7 Å². The second-order valence-corrected chi connectivity index (χ2v) is 10.3. The molecule has 0 aliphatic carbocycles. The first-order valence-corrected chi connectivity index (χ1v) is 12.8. The van der Waals surface area contributed by atoms with Crippen molar-refractivity contribution in [1.82, 2.24) is 4.90 Å². The number of methoxy groups -OCH3 is 1. The average molecular weight is 552 g/mol. The molecule has 0 saturated carbocycles. The molecule has 2 saturated heterocycles. The number of carbonyl (C=O) groups is 2. The molecule has 3 heterocycles. The Balaban J connectivity index is 1.61. The van der Waals surface area contributed by atoms with Crippen LogP contribution in [0.4, 0.5) is 24.5 Å². The van der Waals surface area contributed by atoms with Crippen molar-refractivity contribution in [3.63, 3.8) is 0 Å². The topological polar surface area (TPSA) is 102 Å². The zero-order chi connectivity index (χ0) is 28.4. The summed E-state index contributed by atoms with van der Waals surface area (Å²) in [7, 11) is 1.45. The van der Waals surface area contributed by atoms with Gasteiger partial charge in [0.25, 0.3) is 5.69 Å². The molecule has 2 fully saturated rings. The van der Waals surface area contributed by atoms with E-state index in [-0.39, 0.29) is 28.5 Å². The van der Waals surface area contributed by atoms with E-state index in [2.05, 4.69) is 5.32 Å². The van der Waals surface area contributed by atoms with Gasteiger partial charge in [0.05, 0.1) is 29.2 Å². The first-order chi connectivity index (χ1) is 19.1. The van der Waals surface area contributed by atoms with Gasteiger partial charge in [-0.05, 0) is 43.1 Å². The minimum atomic E-state index is -4.72. The van der Waals surface area contributed by atoms with Gasteiger partial charge in [0, 0.05) is 35.2 Å². The number of nitrogens with zero attached hydrogens (tertiary/aromatic N) is 2. The molecular weight excluding hydrogens is 527 g/mol. The zero-order valence-corrected chi connectivity index (χ0v) is 21.3. The molecule has 1 N–H and O–H groups in total. The van der Waals surface area contributed by atoms with Gasteiger partial charge in [-0.2, -0.15) is 13.2 Å². The molecule has 4 atom stereocenters.